The molecule has 0 aliphatic rings. The topological polar surface area (TPSA) is 69.0 Å². The molecular formula is C24H20F4N4O2. The molecule has 4 rings (SSSR count). The summed E-state index contributed by atoms with van der Waals surface area (Å²) in [4.78, 5) is 13.8. The molecular weight excluding hydrogens is 452 g/mol. The van der Waals surface area contributed by atoms with Gasteiger partial charge in [0.25, 0.3) is 5.91 Å². The van der Waals surface area contributed by atoms with Crippen molar-refractivity contribution in [3.05, 3.63) is 76.9 Å². The van der Waals surface area contributed by atoms with Crippen LogP contribution in [0.4, 0.5) is 23.2 Å². The van der Waals surface area contributed by atoms with Crippen LogP contribution in [0.5, 0.6) is 5.75 Å². The minimum atomic E-state index is -1.86. The predicted octanol–water partition coefficient (Wildman–Crippen LogP) is 5.58. The monoisotopic (exact) mass is 472 g/mol. The molecule has 0 fully saturated rings. The molecule has 4 aromatic rings. The molecule has 0 aliphatic heterocycles. The van der Waals surface area contributed by atoms with E-state index in [0.717, 1.165) is 32.1 Å². The van der Waals surface area contributed by atoms with Gasteiger partial charge in [0.1, 0.15) is 16.6 Å². The third-order valence-corrected chi connectivity index (χ3v) is 5.28. The molecule has 0 aliphatic carbocycles. The van der Waals surface area contributed by atoms with Crippen LogP contribution in [0.25, 0.3) is 16.7 Å². The van der Waals surface area contributed by atoms with Crippen molar-refractivity contribution >= 4 is 22.6 Å². The summed E-state index contributed by atoms with van der Waals surface area (Å²) in [7, 11) is 0.851. The first-order valence-electron chi connectivity index (χ1n) is 10.5. The quantitative estimate of drug-likeness (QED) is 0.282. The highest BCUT2D eigenvalue weighted by molar-refractivity contribution is 6.05. The number of hydrogen-bond acceptors (Lipinski definition) is 4. The summed E-state index contributed by atoms with van der Waals surface area (Å²) in [5.41, 5.74) is 1.54. The normalized spacial score (nSPS) is 11.1. The van der Waals surface area contributed by atoms with Gasteiger partial charge in [-0.3, -0.25) is 4.79 Å². The zero-order chi connectivity index (χ0) is 24.4. The molecule has 1 amide bonds. The van der Waals surface area contributed by atoms with Crippen LogP contribution in [0.15, 0.2) is 42.5 Å². The molecule has 0 saturated carbocycles. The van der Waals surface area contributed by atoms with Gasteiger partial charge in [-0.2, -0.15) is 13.6 Å². The Morgan fingerprint density at radius 3 is 2.21 bits per heavy atom. The molecule has 0 saturated heterocycles. The van der Waals surface area contributed by atoms with Gasteiger partial charge in [-0.15, -0.1) is 10.2 Å². The Morgan fingerprint density at radius 2 is 1.59 bits per heavy atom. The number of hydrogen-bond donors (Lipinski definition) is 1. The predicted molar refractivity (Wildman–Crippen MR) is 118 cm³/mol. The minimum absolute atomic E-state index is 0.106. The van der Waals surface area contributed by atoms with Gasteiger partial charge >= 0.3 is 0 Å². The number of nitrogens with one attached hydrogen (secondary N) is 1. The second kappa shape index (κ2) is 9.50. The molecule has 0 bridgehead atoms. The molecule has 0 unspecified atom stereocenters. The fourth-order valence-electron chi connectivity index (χ4n) is 3.47. The van der Waals surface area contributed by atoms with Crippen molar-refractivity contribution in [1.82, 2.24) is 15.0 Å². The van der Waals surface area contributed by atoms with E-state index < -0.39 is 40.5 Å². The number of amides is 1. The molecule has 10 heteroatoms. The smallest absolute Gasteiger partial charge is 0.261 e. The number of fused-ring (bicyclic) bond motifs is 1. The van der Waals surface area contributed by atoms with Crippen molar-refractivity contribution in [2.24, 2.45) is 0 Å². The summed E-state index contributed by atoms with van der Waals surface area (Å²) < 4.78 is 60.7. The number of rotatable bonds is 7. The molecule has 6 nitrogen and oxygen atoms in total. The third-order valence-electron chi connectivity index (χ3n) is 5.28. The van der Waals surface area contributed by atoms with Gasteiger partial charge in [0, 0.05) is 5.69 Å². The van der Waals surface area contributed by atoms with Crippen LogP contribution >= 0.6 is 0 Å². The van der Waals surface area contributed by atoms with Gasteiger partial charge in [-0.05, 0) is 48.7 Å². The third kappa shape index (κ3) is 4.30. The fraction of sp³-hybridized carbons (Fsp3) is 0.208. The van der Waals surface area contributed by atoms with Crippen molar-refractivity contribution in [2.45, 2.75) is 26.2 Å². The van der Waals surface area contributed by atoms with Gasteiger partial charge < -0.3 is 10.1 Å². The summed E-state index contributed by atoms with van der Waals surface area (Å²) in [5.74, 6) is -9.94. The van der Waals surface area contributed by atoms with Crippen molar-refractivity contribution in [3.63, 3.8) is 0 Å². The van der Waals surface area contributed by atoms with Crippen LogP contribution in [-0.4, -0.2) is 28.0 Å². The molecule has 176 valence electrons. The average Bonchev–Trinajstić information content (AvgIpc) is 3.26. The van der Waals surface area contributed by atoms with Crippen LogP contribution in [0.1, 0.15) is 35.7 Å². The fourth-order valence-corrected chi connectivity index (χ4v) is 3.47. The highest BCUT2D eigenvalue weighted by Crippen LogP contribution is 2.30. The second-order valence-electron chi connectivity index (χ2n) is 7.58. The molecule has 0 atom stereocenters. The number of aryl methyl sites for hydroxylation is 1. The maximum Gasteiger partial charge on any atom is 0.261 e. The number of ether oxygens (including phenoxy) is 1. The largest absolute Gasteiger partial charge is 0.491 e. The maximum atomic E-state index is 14.2. The van der Waals surface area contributed by atoms with Gasteiger partial charge in [-0.25, -0.2) is 8.78 Å². The Hall–Kier alpha value is -3.95. The number of unbranched alkanes of at least 4 members (excludes halogenated alkanes) is 1. The lowest BCUT2D eigenvalue weighted by molar-refractivity contribution is 0.101. The zero-order valence-corrected chi connectivity index (χ0v) is 18.3. The molecule has 0 radical (unpaired) electrons. The lowest BCUT2D eigenvalue weighted by atomic mass is 10.1. The van der Waals surface area contributed by atoms with E-state index in [9.17, 15) is 22.4 Å². The lowest BCUT2D eigenvalue weighted by Crippen LogP contribution is -2.18. The van der Waals surface area contributed by atoms with Crippen LogP contribution in [-0.2, 0) is 6.42 Å². The molecule has 3 aromatic carbocycles. The zero-order valence-electron chi connectivity index (χ0n) is 18.3. The van der Waals surface area contributed by atoms with E-state index in [0.29, 0.717) is 11.0 Å². The molecule has 1 N–H and O–H groups in total. The van der Waals surface area contributed by atoms with E-state index in [4.69, 9.17) is 0 Å². The van der Waals surface area contributed by atoms with Gasteiger partial charge in [0.2, 0.25) is 11.6 Å². The first-order valence-corrected chi connectivity index (χ1v) is 10.5. The van der Waals surface area contributed by atoms with Gasteiger partial charge in [0.15, 0.2) is 17.4 Å². The molecule has 34 heavy (non-hydrogen) atoms. The first-order chi connectivity index (χ1) is 16.3. The Morgan fingerprint density at radius 1 is 0.941 bits per heavy atom. The number of carbonyl (C=O) groups is 1. The van der Waals surface area contributed by atoms with Crippen LogP contribution in [0.2, 0.25) is 0 Å². The highest BCUT2D eigenvalue weighted by atomic mass is 19.2. The summed E-state index contributed by atoms with van der Waals surface area (Å²) in [6.45, 7) is 2.13. The SMILES string of the molecule is CCCCc1ccc(-n2nc3ccc(NC(=O)c4c(F)c(F)c(OC)c(F)c4F)cc3n2)cc1. The summed E-state index contributed by atoms with van der Waals surface area (Å²) in [6.07, 6.45) is 3.19. The van der Waals surface area contributed by atoms with Crippen molar-refractivity contribution in [1.29, 1.82) is 0 Å². The van der Waals surface area contributed by atoms with Gasteiger partial charge in [-0.1, -0.05) is 25.5 Å². The molecule has 1 heterocycles. The van der Waals surface area contributed by atoms with E-state index in [1.165, 1.54) is 22.5 Å². The Kier molecular flexibility index (Phi) is 6.49. The minimum Gasteiger partial charge on any atom is -0.491 e. The van der Waals surface area contributed by atoms with Crippen LogP contribution in [0.3, 0.4) is 0 Å². The van der Waals surface area contributed by atoms with Crippen molar-refractivity contribution < 1.29 is 27.1 Å². The summed E-state index contributed by atoms with van der Waals surface area (Å²) in [6, 6.07) is 12.2. The van der Waals surface area contributed by atoms with Crippen molar-refractivity contribution in [3.8, 4) is 11.4 Å². The average molecular weight is 472 g/mol. The number of carbonyl (C=O) groups excluding carboxylic acids is 1. The van der Waals surface area contributed by atoms with E-state index >= 15 is 0 Å². The number of aromatic nitrogens is 3. The van der Waals surface area contributed by atoms with Crippen molar-refractivity contribution in [2.75, 3.05) is 12.4 Å². The highest BCUT2D eigenvalue weighted by Gasteiger charge is 2.30. The van der Waals surface area contributed by atoms with E-state index in [2.05, 4.69) is 27.2 Å². The first kappa shape index (κ1) is 23.2. The number of anilines is 1. The van der Waals surface area contributed by atoms with Gasteiger partial charge in [0.05, 0.1) is 12.8 Å². The number of benzene rings is 3. The maximum absolute atomic E-state index is 14.2. The summed E-state index contributed by atoms with van der Waals surface area (Å²) in [5, 5.41) is 11.0. The standard InChI is InChI=1S/C24H20F4N4O2/c1-3-4-5-13-6-9-15(10-7-13)32-30-16-11-8-14(12-17(16)31-32)29-24(33)18-19(25)21(27)23(34-2)22(28)20(18)26/h6-12H,3-5H2,1-2H3,(H,29,33). The lowest BCUT2D eigenvalue weighted by Gasteiger charge is -2.11. The molecule has 0 spiro atoms. The Balaban J connectivity index is 1.59. The van der Waals surface area contributed by atoms with E-state index in [-0.39, 0.29) is 5.69 Å². The summed E-state index contributed by atoms with van der Waals surface area (Å²) >= 11 is 0. The number of halogens is 4. The van der Waals surface area contributed by atoms with E-state index in [1.807, 2.05) is 24.3 Å². The Labute approximate surface area is 192 Å². The second-order valence-corrected chi connectivity index (χ2v) is 7.58. The van der Waals surface area contributed by atoms with Crippen LogP contribution in [0, 0.1) is 23.3 Å². The molecule has 1 aromatic heterocycles. The Bertz CT molecular complexity index is 1340. The number of methoxy groups -OCH3 is 1. The number of nitrogens with zero attached hydrogens (tertiary/aromatic N) is 3. The van der Waals surface area contributed by atoms with Crippen LogP contribution < -0.4 is 10.1 Å². The van der Waals surface area contributed by atoms with E-state index in [1.54, 1.807) is 6.07 Å².